The molecule has 0 fully saturated rings. The fourth-order valence-electron chi connectivity index (χ4n) is 3.39. The van der Waals surface area contributed by atoms with Crippen LogP contribution in [-0.2, 0) is 7.05 Å². The molecule has 2 heterocycles. The highest BCUT2D eigenvalue weighted by molar-refractivity contribution is 5.90. The van der Waals surface area contributed by atoms with E-state index in [1.807, 2.05) is 56.0 Å². The fraction of sp³-hybridized carbons (Fsp3) is 0.125. The van der Waals surface area contributed by atoms with Gasteiger partial charge < -0.3 is 9.47 Å². The molecule has 0 aliphatic carbocycles. The number of hydrogen-bond acceptors (Lipinski definition) is 5. The summed E-state index contributed by atoms with van der Waals surface area (Å²) in [5.74, 6) is 1.32. The third kappa shape index (κ3) is 3.74. The number of pyridine rings is 1. The Labute approximate surface area is 174 Å². The van der Waals surface area contributed by atoms with Crippen molar-refractivity contribution in [1.82, 2.24) is 14.8 Å². The largest absolute Gasteiger partial charge is 0.497 e. The third-order valence-corrected chi connectivity index (χ3v) is 4.90. The van der Waals surface area contributed by atoms with Crippen molar-refractivity contribution in [3.8, 4) is 28.7 Å². The number of aryl methyl sites for hydroxylation is 1. The topological polar surface area (TPSA) is 73.0 Å². The highest BCUT2D eigenvalue weighted by Crippen LogP contribution is 2.32. The molecule has 0 amide bonds. The summed E-state index contributed by atoms with van der Waals surface area (Å²) in [7, 11) is 5.10. The molecule has 0 spiro atoms. The van der Waals surface area contributed by atoms with Gasteiger partial charge in [-0.2, -0.15) is 10.4 Å². The SMILES string of the molecule is COc1cc(OC)cc(C(=CC#N)c2ccc3ncc(-c4cnn(C)c4)cc3c2)c1. The van der Waals surface area contributed by atoms with Gasteiger partial charge in [-0.3, -0.25) is 9.67 Å². The lowest BCUT2D eigenvalue weighted by molar-refractivity contribution is 0.394. The lowest BCUT2D eigenvalue weighted by atomic mass is 9.95. The van der Waals surface area contributed by atoms with E-state index in [1.54, 1.807) is 25.0 Å². The number of methoxy groups -OCH3 is 2. The van der Waals surface area contributed by atoms with Crippen molar-refractivity contribution in [2.24, 2.45) is 7.05 Å². The number of benzene rings is 2. The molecular weight excluding hydrogens is 376 g/mol. The van der Waals surface area contributed by atoms with Gasteiger partial charge in [0.15, 0.2) is 0 Å². The van der Waals surface area contributed by atoms with Gasteiger partial charge in [-0.25, -0.2) is 0 Å². The Morgan fingerprint density at radius 3 is 2.37 bits per heavy atom. The van der Waals surface area contributed by atoms with Crippen LogP contribution in [0.15, 0.2) is 67.1 Å². The van der Waals surface area contributed by atoms with Crippen molar-refractivity contribution in [2.45, 2.75) is 0 Å². The Hall–Kier alpha value is -4.11. The van der Waals surface area contributed by atoms with Crippen molar-refractivity contribution >= 4 is 16.5 Å². The Kier molecular flexibility index (Phi) is 5.19. The molecule has 0 aliphatic heterocycles. The highest BCUT2D eigenvalue weighted by atomic mass is 16.5. The highest BCUT2D eigenvalue weighted by Gasteiger charge is 2.11. The molecule has 6 heteroatoms. The monoisotopic (exact) mass is 396 g/mol. The molecule has 30 heavy (non-hydrogen) atoms. The number of rotatable bonds is 5. The van der Waals surface area contributed by atoms with Crippen LogP contribution in [-0.4, -0.2) is 29.0 Å². The maximum absolute atomic E-state index is 9.41. The number of ether oxygens (including phenoxy) is 2. The van der Waals surface area contributed by atoms with E-state index in [0.717, 1.165) is 38.7 Å². The van der Waals surface area contributed by atoms with E-state index in [1.165, 1.54) is 6.08 Å². The zero-order chi connectivity index (χ0) is 21.1. The van der Waals surface area contributed by atoms with Gasteiger partial charge in [-0.15, -0.1) is 0 Å². The standard InChI is InChI=1S/C24H20N4O2/c1-28-15-20(14-27-28)19-9-18-8-16(4-5-24(18)26-13-19)23(6-7-25)17-10-21(29-2)12-22(11-17)30-3/h4-6,8-15H,1-3H3. The minimum atomic E-state index is 0.662. The Bertz CT molecular complexity index is 1280. The molecule has 0 saturated carbocycles. The number of fused-ring (bicyclic) bond motifs is 1. The van der Waals surface area contributed by atoms with Crippen LogP contribution in [0.2, 0.25) is 0 Å². The maximum Gasteiger partial charge on any atom is 0.123 e. The van der Waals surface area contributed by atoms with Crippen molar-refractivity contribution in [3.05, 3.63) is 78.3 Å². The lowest BCUT2D eigenvalue weighted by Gasteiger charge is -2.12. The van der Waals surface area contributed by atoms with E-state index in [2.05, 4.69) is 22.2 Å². The number of aromatic nitrogens is 3. The first kappa shape index (κ1) is 19.2. The Balaban J connectivity index is 1.83. The number of hydrogen-bond donors (Lipinski definition) is 0. The molecular formula is C24H20N4O2. The van der Waals surface area contributed by atoms with Crippen LogP contribution < -0.4 is 9.47 Å². The first-order valence-corrected chi connectivity index (χ1v) is 9.33. The molecule has 2 aromatic heterocycles. The van der Waals surface area contributed by atoms with Crippen LogP contribution in [0.3, 0.4) is 0 Å². The van der Waals surface area contributed by atoms with E-state index in [0.29, 0.717) is 11.5 Å². The predicted octanol–water partition coefficient (Wildman–Crippen LogP) is 4.61. The third-order valence-electron chi connectivity index (χ3n) is 4.90. The van der Waals surface area contributed by atoms with E-state index in [-0.39, 0.29) is 0 Å². The van der Waals surface area contributed by atoms with Gasteiger partial charge in [-0.05, 0) is 47.0 Å². The summed E-state index contributed by atoms with van der Waals surface area (Å²) in [6.07, 6.45) is 7.15. The zero-order valence-corrected chi connectivity index (χ0v) is 17.0. The van der Waals surface area contributed by atoms with Gasteiger partial charge in [-0.1, -0.05) is 6.07 Å². The molecule has 0 atom stereocenters. The van der Waals surface area contributed by atoms with Crippen LogP contribution in [0, 0.1) is 11.3 Å². The Morgan fingerprint density at radius 1 is 0.967 bits per heavy atom. The summed E-state index contributed by atoms with van der Waals surface area (Å²) in [4.78, 5) is 4.58. The van der Waals surface area contributed by atoms with Crippen molar-refractivity contribution in [1.29, 1.82) is 5.26 Å². The average Bonchev–Trinajstić information content (AvgIpc) is 3.22. The van der Waals surface area contributed by atoms with Gasteiger partial charge in [0.05, 0.1) is 32.0 Å². The first-order chi connectivity index (χ1) is 14.6. The summed E-state index contributed by atoms with van der Waals surface area (Å²) < 4.78 is 12.5. The van der Waals surface area contributed by atoms with Crippen molar-refractivity contribution < 1.29 is 9.47 Å². The molecule has 0 unspecified atom stereocenters. The van der Waals surface area contributed by atoms with Crippen molar-refractivity contribution in [2.75, 3.05) is 14.2 Å². The second-order valence-corrected chi connectivity index (χ2v) is 6.82. The Morgan fingerprint density at radius 2 is 1.73 bits per heavy atom. The molecule has 4 aromatic rings. The van der Waals surface area contributed by atoms with Crippen LogP contribution in [0.25, 0.3) is 27.6 Å². The average molecular weight is 396 g/mol. The second kappa shape index (κ2) is 8.10. The molecule has 0 aliphatic rings. The van der Waals surface area contributed by atoms with E-state index in [9.17, 15) is 5.26 Å². The van der Waals surface area contributed by atoms with Gasteiger partial charge in [0.1, 0.15) is 11.5 Å². The van der Waals surface area contributed by atoms with Gasteiger partial charge in [0.2, 0.25) is 0 Å². The minimum absolute atomic E-state index is 0.662. The number of nitrogens with zero attached hydrogens (tertiary/aromatic N) is 4. The predicted molar refractivity (Wildman–Crippen MR) is 116 cm³/mol. The molecule has 0 saturated heterocycles. The first-order valence-electron chi connectivity index (χ1n) is 9.33. The van der Waals surface area contributed by atoms with Crippen LogP contribution in [0.4, 0.5) is 0 Å². The van der Waals surface area contributed by atoms with E-state index < -0.39 is 0 Å². The van der Waals surface area contributed by atoms with Crippen LogP contribution >= 0.6 is 0 Å². The minimum Gasteiger partial charge on any atom is -0.497 e. The quantitative estimate of drug-likeness (QED) is 0.461. The summed E-state index contributed by atoms with van der Waals surface area (Å²) in [6.45, 7) is 0. The zero-order valence-electron chi connectivity index (χ0n) is 17.0. The normalized spacial score (nSPS) is 11.3. The fourth-order valence-corrected chi connectivity index (χ4v) is 3.39. The maximum atomic E-state index is 9.41. The molecule has 148 valence electrons. The number of nitriles is 1. The molecule has 6 nitrogen and oxygen atoms in total. The van der Waals surface area contributed by atoms with Crippen LogP contribution in [0.5, 0.6) is 11.5 Å². The summed E-state index contributed by atoms with van der Waals surface area (Å²) >= 11 is 0. The van der Waals surface area contributed by atoms with Gasteiger partial charge in [0.25, 0.3) is 0 Å². The van der Waals surface area contributed by atoms with E-state index in [4.69, 9.17) is 9.47 Å². The summed E-state index contributed by atoms with van der Waals surface area (Å²) in [5, 5.41) is 14.6. The van der Waals surface area contributed by atoms with Gasteiger partial charge >= 0.3 is 0 Å². The number of allylic oxidation sites excluding steroid dienone is 1. The summed E-state index contributed by atoms with van der Waals surface area (Å²) in [5.41, 5.74) is 5.39. The molecule has 2 aromatic carbocycles. The molecule has 4 rings (SSSR count). The van der Waals surface area contributed by atoms with Crippen molar-refractivity contribution in [3.63, 3.8) is 0 Å². The molecule has 0 N–H and O–H groups in total. The summed E-state index contributed by atoms with van der Waals surface area (Å²) in [6, 6.07) is 15.8. The smallest absolute Gasteiger partial charge is 0.123 e. The van der Waals surface area contributed by atoms with Gasteiger partial charge in [0, 0.05) is 48.1 Å². The molecule has 0 bridgehead atoms. The van der Waals surface area contributed by atoms with Crippen LogP contribution in [0.1, 0.15) is 11.1 Å². The second-order valence-electron chi connectivity index (χ2n) is 6.82. The van der Waals surface area contributed by atoms with E-state index >= 15 is 0 Å². The molecule has 0 radical (unpaired) electrons. The lowest BCUT2D eigenvalue weighted by Crippen LogP contribution is -1.93.